The van der Waals surface area contributed by atoms with E-state index in [1.807, 2.05) is 6.08 Å². The Morgan fingerprint density at radius 1 is 1.00 bits per heavy atom. The molecule has 0 aromatic rings. The lowest BCUT2D eigenvalue weighted by Crippen LogP contribution is -2.53. The summed E-state index contributed by atoms with van der Waals surface area (Å²) in [5.74, 6) is 2.50. The molecule has 22 heavy (non-hydrogen) atoms. The summed E-state index contributed by atoms with van der Waals surface area (Å²) in [5.41, 5.74) is 1.32. The van der Waals surface area contributed by atoms with Gasteiger partial charge in [-0.1, -0.05) is 19.4 Å². The maximum Gasteiger partial charge on any atom is 0.155 e. The van der Waals surface area contributed by atoms with Crippen LogP contribution in [0.3, 0.4) is 0 Å². The first-order chi connectivity index (χ1) is 10.3. The van der Waals surface area contributed by atoms with E-state index < -0.39 is 5.60 Å². The Morgan fingerprint density at radius 2 is 1.73 bits per heavy atom. The normalized spacial score (nSPS) is 54.3. The van der Waals surface area contributed by atoms with E-state index >= 15 is 0 Å². The van der Waals surface area contributed by atoms with Crippen LogP contribution in [0, 0.1) is 28.6 Å². The number of allylic oxidation sites excluding steroid dienone is 1. The Morgan fingerprint density at radius 3 is 2.50 bits per heavy atom. The van der Waals surface area contributed by atoms with Gasteiger partial charge in [0.1, 0.15) is 0 Å². The molecule has 2 heteroatoms. The van der Waals surface area contributed by atoms with Gasteiger partial charge in [0.2, 0.25) is 0 Å². The maximum absolute atomic E-state index is 11.8. The average Bonchev–Trinajstić information content (AvgIpc) is 2.70. The fourth-order valence-electron chi connectivity index (χ4n) is 6.80. The molecule has 1 unspecified atom stereocenters. The smallest absolute Gasteiger partial charge is 0.155 e. The second-order valence-electron chi connectivity index (χ2n) is 9.24. The molecule has 3 fully saturated rings. The van der Waals surface area contributed by atoms with Gasteiger partial charge < -0.3 is 5.11 Å². The minimum atomic E-state index is -0.484. The molecule has 4 aliphatic rings. The summed E-state index contributed by atoms with van der Waals surface area (Å²) in [7, 11) is 0. The molecule has 1 N–H and O–H groups in total. The van der Waals surface area contributed by atoms with Crippen LogP contribution in [0.2, 0.25) is 0 Å². The van der Waals surface area contributed by atoms with E-state index in [0.717, 1.165) is 43.9 Å². The second kappa shape index (κ2) is 4.47. The van der Waals surface area contributed by atoms with Crippen molar-refractivity contribution < 1.29 is 9.90 Å². The summed E-state index contributed by atoms with van der Waals surface area (Å²) in [4.78, 5) is 11.8. The van der Waals surface area contributed by atoms with Crippen LogP contribution in [0.1, 0.15) is 72.1 Å². The van der Waals surface area contributed by atoms with E-state index in [4.69, 9.17) is 0 Å². The monoisotopic (exact) mass is 302 g/mol. The SMILES string of the molecule is C[C@]12CCC(=O)C=C1CC[C@H]1C2CC[C@@]2(C)[C@@H]1CC[C@]2(C)O. The Kier molecular flexibility index (Phi) is 3.03. The Labute approximate surface area is 134 Å². The van der Waals surface area contributed by atoms with E-state index in [0.29, 0.717) is 11.7 Å². The minimum absolute atomic E-state index is 0.107. The third-order valence-corrected chi connectivity index (χ3v) is 8.52. The van der Waals surface area contributed by atoms with Crippen LogP contribution >= 0.6 is 0 Å². The van der Waals surface area contributed by atoms with Crippen LogP contribution in [-0.2, 0) is 4.79 Å². The standard InChI is InChI=1S/C20H30O2/c1-18-9-6-14(21)12-13(18)4-5-15-16(18)7-10-19(2)17(15)8-11-20(19,3)22/h12,15-17,22H,4-11H2,1-3H3/t15-,16?,17+,18-,19-,20-/m0/s1. The average molecular weight is 302 g/mol. The fourth-order valence-corrected chi connectivity index (χ4v) is 6.80. The molecule has 0 bridgehead atoms. The first-order valence-electron chi connectivity index (χ1n) is 9.24. The number of carbonyl (C=O) groups excluding carboxylic acids is 1. The third kappa shape index (κ3) is 1.74. The summed E-state index contributed by atoms with van der Waals surface area (Å²) in [6.45, 7) is 6.85. The molecule has 0 spiro atoms. The number of ketones is 1. The van der Waals surface area contributed by atoms with Crippen LogP contribution in [-0.4, -0.2) is 16.5 Å². The van der Waals surface area contributed by atoms with Crippen molar-refractivity contribution >= 4 is 5.78 Å². The highest BCUT2D eigenvalue weighted by Crippen LogP contribution is 2.67. The van der Waals surface area contributed by atoms with Gasteiger partial charge in [-0.2, -0.15) is 0 Å². The zero-order valence-electron chi connectivity index (χ0n) is 14.3. The highest BCUT2D eigenvalue weighted by Gasteiger charge is 2.62. The van der Waals surface area contributed by atoms with E-state index in [1.165, 1.54) is 24.8 Å². The summed E-state index contributed by atoms with van der Waals surface area (Å²) < 4.78 is 0. The lowest BCUT2D eigenvalue weighted by Gasteiger charge is -2.58. The molecule has 4 aliphatic carbocycles. The molecular formula is C20H30O2. The van der Waals surface area contributed by atoms with E-state index in [2.05, 4.69) is 20.8 Å². The van der Waals surface area contributed by atoms with Crippen molar-refractivity contribution in [3.63, 3.8) is 0 Å². The van der Waals surface area contributed by atoms with Gasteiger partial charge in [-0.15, -0.1) is 0 Å². The summed E-state index contributed by atoms with van der Waals surface area (Å²) in [6.07, 6.45) is 10.7. The Hall–Kier alpha value is -0.630. The van der Waals surface area contributed by atoms with Crippen molar-refractivity contribution in [2.75, 3.05) is 0 Å². The summed E-state index contributed by atoms with van der Waals surface area (Å²) in [5, 5.41) is 10.9. The quantitative estimate of drug-likeness (QED) is 0.725. The predicted molar refractivity (Wildman–Crippen MR) is 87.3 cm³/mol. The predicted octanol–water partition coefficient (Wildman–Crippen LogP) is 4.27. The van der Waals surface area contributed by atoms with Gasteiger partial charge in [0.25, 0.3) is 0 Å². The molecule has 3 saturated carbocycles. The minimum Gasteiger partial charge on any atom is -0.390 e. The van der Waals surface area contributed by atoms with Crippen molar-refractivity contribution in [3.05, 3.63) is 11.6 Å². The van der Waals surface area contributed by atoms with E-state index in [-0.39, 0.29) is 10.8 Å². The van der Waals surface area contributed by atoms with Gasteiger partial charge in [-0.3, -0.25) is 4.79 Å². The van der Waals surface area contributed by atoms with Gasteiger partial charge in [0.15, 0.2) is 5.78 Å². The number of fused-ring (bicyclic) bond motifs is 5. The molecule has 0 radical (unpaired) electrons. The molecule has 0 aromatic carbocycles. The van der Waals surface area contributed by atoms with Gasteiger partial charge in [-0.05, 0) is 86.5 Å². The van der Waals surface area contributed by atoms with Gasteiger partial charge in [0.05, 0.1) is 5.60 Å². The Bertz CT molecular complexity index is 546. The second-order valence-corrected chi connectivity index (χ2v) is 9.24. The van der Waals surface area contributed by atoms with E-state index in [1.54, 1.807) is 0 Å². The molecule has 0 amide bonds. The highest BCUT2D eigenvalue weighted by molar-refractivity contribution is 5.91. The molecule has 2 nitrogen and oxygen atoms in total. The zero-order chi connectivity index (χ0) is 15.8. The van der Waals surface area contributed by atoms with E-state index in [9.17, 15) is 9.90 Å². The molecule has 0 aromatic heterocycles. The number of rotatable bonds is 0. The third-order valence-electron chi connectivity index (χ3n) is 8.52. The number of hydrogen-bond donors (Lipinski definition) is 1. The van der Waals surface area contributed by atoms with Crippen molar-refractivity contribution in [2.45, 2.75) is 77.7 Å². The van der Waals surface area contributed by atoms with Crippen LogP contribution in [0.4, 0.5) is 0 Å². The molecule has 0 aliphatic heterocycles. The van der Waals surface area contributed by atoms with Crippen molar-refractivity contribution in [2.24, 2.45) is 28.6 Å². The van der Waals surface area contributed by atoms with Crippen LogP contribution in [0.15, 0.2) is 11.6 Å². The number of hydrogen-bond acceptors (Lipinski definition) is 2. The maximum atomic E-state index is 11.8. The largest absolute Gasteiger partial charge is 0.390 e. The molecule has 0 saturated heterocycles. The zero-order valence-corrected chi connectivity index (χ0v) is 14.3. The summed E-state index contributed by atoms with van der Waals surface area (Å²) >= 11 is 0. The number of carbonyl (C=O) groups is 1. The first-order valence-corrected chi connectivity index (χ1v) is 9.24. The Balaban J connectivity index is 1.70. The van der Waals surface area contributed by atoms with Crippen molar-refractivity contribution in [1.29, 1.82) is 0 Å². The summed E-state index contributed by atoms with van der Waals surface area (Å²) in [6, 6.07) is 0. The van der Waals surface area contributed by atoms with Gasteiger partial charge >= 0.3 is 0 Å². The van der Waals surface area contributed by atoms with Crippen LogP contribution in [0.25, 0.3) is 0 Å². The molecule has 122 valence electrons. The highest BCUT2D eigenvalue weighted by atomic mass is 16.3. The molecule has 4 rings (SSSR count). The fraction of sp³-hybridized carbons (Fsp3) is 0.850. The molecule has 0 heterocycles. The van der Waals surface area contributed by atoms with Crippen LogP contribution in [0.5, 0.6) is 0 Å². The first kappa shape index (κ1) is 14.9. The lowest BCUT2D eigenvalue weighted by atomic mass is 9.46. The molecule has 6 atom stereocenters. The molecular weight excluding hydrogens is 272 g/mol. The lowest BCUT2D eigenvalue weighted by molar-refractivity contribution is -0.124. The van der Waals surface area contributed by atoms with Crippen LogP contribution < -0.4 is 0 Å². The van der Waals surface area contributed by atoms with Crippen molar-refractivity contribution in [1.82, 2.24) is 0 Å². The van der Waals surface area contributed by atoms with Gasteiger partial charge in [0, 0.05) is 6.42 Å². The van der Waals surface area contributed by atoms with Crippen molar-refractivity contribution in [3.8, 4) is 0 Å². The van der Waals surface area contributed by atoms with Gasteiger partial charge in [-0.25, -0.2) is 0 Å². The number of aliphatic hydroxyl groups is 1. The topological polar surface area (TPSA) is 37.3 Å².